The summed E-state index contributed by atoms with van der Waals surface area (Å²) in [6.07, 6.45) is 3.97. The van der Waals surface area contributed by atoms with Gasteiger partial charge in [-0.2, -0.15) is 15.8 Å². The number of rotatable bonds is 1. The monoisotopic (exact) mass is 336 g/mol. The van der Waals surface area contributed by atoms with Crippen molar-refractivity contribution in [3.8, 4) is 18.2 Å². The van der Waals surface area contributed by atoms with Gasteiger partial charge in [-0.1, -0.05) is 12.1 Å². The van der Waals surface area contributed by atoms with Gasteiger partial charge in [-0.05, 0) is 42.4 Å². The molecule has 0 heterocycles. The van der Waals surface area contributed by atoms with E-state index in [-0.39, 0.29) is 11.3 Å². The number of hydrogen-bond donors (Lipinski definition) is 1. The number of fused-ring (bicyclic) bond motifs is 1. The smallest absolute Gasteiger partial charge is 0.189 e. The molecule has 4 nitrogen and oxygen atoms in total. The fourth-order valence-corrected chi connectivity index (χ4v) is 4.11. The van der Waals surface area contributed by atoms with Gasteiger partial charge in [-0.15, -0.1) is 0 Å². The van der Waals surface area contributed by atoms with E-state index in [1.807, 2.05) is 24.3 Å². The van der Waals surface area contributed by atoms with Gasteiger partial charge >= 0.3 is 0 Å². The van der Waals surface area contributed by atoms with Crippen LogP contribution in [0, 0.1) is 68.3 Å². The van der Waals surface area contributed by atoms with E-state index in [2.05, 4.69) is 0 Å². The Kier molecular flexibility index (Phi) is 4.11. The second kappa shape index (κ2) is 6.11. The van der Waals surface area contributed by atoms with Crippen LogP contribution in [-0.2, 0) is 0 Å². The molecule has 0 unspecified atom stereocenters. The van der Waals surface area contributed by atoms with Crippen molar-refractivity contribution in [2.45, 2.75) is 25.2 Å². The van der Waals surface area contributed by atoms with Gasteiger partial charge in [-0.3, -0.25) is 0 Å². The predicted molar refractivity (Wildman–Crippen MR) is 85.0 cm³/mol. The number of nitrogens with one attached hydrogen (secondary N) is 1. The molecule has 0 radical (unpaired) electrons. The zero-order valence-corrected chi connectivity index (χ0v) is 13.3. The number of nitrogens with zero attached hydrogens (tertiary/aromatic N) is 3. The molecule has 3 rings (SSSR count). The zero-order chi connectivity index (χ0) is 18.2. The normalized spacial score (nSPS) is 27.2. The van der Waals surface area contributed by atoms with Crippen molar-refractivity contribution in [3.05, 3.63) is 47.0 Å². The van der Waals surface area contributed by atoms with Crippen molar-refractivity contribution >= 4 is 5.71 Å². The summed E-state index contributed by atoms with van der Waals surface area (Å²) >= 11 is 0. The number of halogens is 2. The Hall–Kier alpha value is -3.04. The molecule has 1 N–H and O–H groups in total. The maximum atomic E-state index is 14.5. The van der Waals surface area contributed by atoms with Crippen molar-refractivity contribution in [1.29, 1.82) is 21.2 Å². The lowest BCUT2D eigenvalue weighted by molar-refractivity contribution is 0.312. The minimum atomic E-state index is -1.95. The minimum Gasteiger partial charge on any atom is -0.305 e. The molecule has 0 aromatic heterocycles. The zero-order valence-electron chi connectivity index (χ0n) is 13.3. The molecule has 1 fully saturated rings. The summed E-state index contributed by atoms with van der Waals surface area (Å²) in [4.78, 5) is 0. The van der Waals surface area contributed by atoms with Gasteiger partial charge in [0, 0.05) is 12.0 Å². The van der Waals surface area contributed by atoms with Gasteiger partial charge in [0.2, 0.25) is 0 Å². The Morgan fingerprint density at radius 1 is 1.16 bits per heavy atom. The average Bonchev–Trinajstić information content (AvgIpc) is 2.62. The van der Waals surface area contributed by atoms with E-state index < -0.39 is 34.8 Å². The van der Waals surface area contributed by atoms with Gasteiger partial charge in [0.15, 0.2) is 5.41 Å². The summed E-state index contributed by atoms with van der Waals surface area (Å²) in [5.74, 6) is -3.88. The first-order valence-electron chi connectivity index (χ1n) is 7.96. The van der Waals surface area contributed by atoms with Gasteiger partial charge in [0.25, 0.3) is 0 Å². The molecule has 2 aliphatic rings. The average molecular weight is 336 g/mol. The second-order valence-electron chi connectivity index (χ2n) is 6.39. The van der Waals surface area contributed by atoms with Crippen molar-refractivity contribution in [3.63, 3.8) is 0 Å². The highest BCUT2D eigenvalue weighted by atomic mass is 19.1. The third-order valence-electron chi connectivity index (χ3n) is 5.22. The van der Waals surface area contributed by atoms with Crippen LogP contribution in [0.4, 0.5) is 8.78 Å². The first kappa shape index (κ1) is 16.8. The quantitative estimate of drug-likeness (QED) is 0.786. The number of benzene rings is 1. The molecule has 0 saturated heterocycles. The fraction of sp³-hybridized carbons (Fsp3) is 0.368. The Balaban J connectivity index is 2.29. The lowest BCUT2D eigenvalue weighted by Crippen LogP contribution is -2.49. The van der Waals surface area contributed by atoms with Gasteiger partial charge in [0.1, 0.15) is 17.6 Å². The standard InChI is InChI=1S/C19H14F2N4/c20-11-5-6-14(16(21)7-11)17-13-4-2-1-3-12(13)15(8-22)18(25)19(17,9-23)10-24/h3,5-7,13,15,17,25H,1-2,4H2/t13-,15-,17-/m0/s1. The van der Waals surface area contributed by atoms with Crippen LogP contribution in [0.2, 0.25) is 0 Å². The predicted octanol–water partition coefficient (Wildman–Crippen LogP) is 3.98. The van der Waals surface area contributed by atoms with E-state index in [4.69, 9.17) is 5.41 Å². The third-order valence-corrected chi connectivity index (χ3v) is 5.22. The highest BCUT2D eigenvalue weighted by Crippen LogP contribution is 2.55. The Labute approximate surface area is 144 Å². The lowest BCUT2D eigenvalue weighted by atomic mass is 9.53. The van der Waals surface area contributed by atoms with Crippen molar-refractivity contribution in [1.82, 2.24) is 0 Å². The van der Waals surface area contributed by atoms with Crippen LogP contribution < -0.4 is 0 Å². The fourth-order valence-electron chi connectivity index (χ4n) is 4.11. The molecule has 124 valence electrons. The van der Waals surface area contributed by atoms with E-state index in [0.29, 0.717) is 12.0 Å². The second-order valence-corrected chi connectivity index (χ2v) is 6.39. The minimum absolute atomic E-state index is 0.0449. The van der Waals surface area contributed by atoms with Gasteiger partial charge in [0.05, 0.1) is 23.9 Å². The molecule has 1 aromatic rings. The maximum absolute atomic E-state index is 14.5. The maximum Gasteiger partial charge on any atom is 0.189 e. The van der Waals surface area contributed by atoms with Crippen LogP contribution in [0.3, 0.4) is 0 Å². The van der Waals surface area contributed by atoms with Gasteiger partial charge < -0.3 is 5.41 Å². The van der Waals surface area contributed by atoms with Crippen molar-refractivity contribution in [2.24, 2.45) is 17.3 Å². The van der Waals surface area contributed by atoms with Crippen LogP contribution >= 0.6 is 0 Å². The molecule has 2 aliphatic carbocycles. The molecule has 6 heteroatoms. The largest absolute Gasteiger partial charge is 0.305 e. The Morgan fingerprint density at radius 3 is 2.48 bits per heavy atom. The summed E-state index contributed by atoms with van der Waals surface area (Å²) in [7, 11) is 0. The first-order chi connectivity index (χ1) is 12.0. The number of allylic oxidation sites excluding steroid dienone is 2. The third kappa shape index (κ3) is 2.32. The lowest BCUT2D eigenvalue weighted by Gasteiger charge is -2.45. The van der Waals surface area contributed by atoms with E-state index >= 15 is 0 Å². The summed E-state index contributed by atoms with van der Waals surface area (Å²) < 4.78 is 27.8. The molecular formula is C19H14F2N4. The molecule has 1 saturated carbocycles. The Morgan fingerprint density at radius 2 is 1.88 bits per heavy atom. The first-order valence-corrected chi connectivity index (χ1v) is 7.96. The molecular weight excluding hydrogens is 322 g/mol. The number of nitriles is 3. The Bertz CT molecular complexity index is 883. The van der Waals surface area contributed by atoms with Crippen LogP contribution in [0.1, 0.15) is 30.7 Å². The highest BCUT2D eigenvalue weighted by molar-refractivity contribution is 6.00. The van der Waals surface area contributed by atoms with Crippen LogP contribution in [0.15, 0.2) is 29.8 Å². The molecule has 3 atom stereocenters. The summed E-state index contributed by atoms with van der Waals surface area (Å²) in [6, 6.07) is 8.84. The molecule has 0 amide bonds. The molecule has 0 spiro atoms. The van der Waals surface area contributed by atoms with E-state index in [1.165, 1.54) is 6.07 Å². The van der Waals surface area contributed by atoms with Gasteiger partial charge in [-0.25, -0.2) is 8.78 Å². The highest BCUT2D eigenvalue weighted by Gasteiger charge is 2.57. The summed E-state index contributed by atoms with van der Waals surface area (Å²) in [6.45, 7) is 0. The topological polar surface area (TPSA) is 95.2 Å². The number of hydrogen-bond acceptors (Lipinski definition) is 4. The van der Waals surface area contributed by atoms with Crippen LogP contribution in [0.5, 0.6) is 0 Å². The van der Waals surface area contributed by atoms with Crippen molar-refractivity contribution in [2.75, 3.05) is 0 Å². The van der Waals surface area contributed by atoms with Crippen LogP contribution in [-0.4, -0.2) is 5.71 Å². The summed E-state index contributed by atoms with van der Waals surface area (Å²) in [5.41, 5.74) is -1.55. The molecule has 0 aliphatic heterocycles. The van der Waals surface area contributed by atoms with Crippen molar-refractivity contribution < 1.29 is 8.78 Å². The summed E-state index contributed by atoms with van der Waals surface area (Å²) in [5, 5.41) is 37.4. The van der Waals surface area contributed by atoms with E-state index in [1.54, 1.807) is 0 Å². The van der Waals surface area contributed by atoms with E-state index in [9.17, 15) is 24.6 Å². The van der Waals surface area contributed by atoms with E-state index in [0.717, 1.165) is 25.0 Å². The molecule has 1 aromatic carbocycles. The van der Waals surface area contributed by atoms with Crippen LogP contribution in [0.25, 0.3) is 0 Å². The molecule has 0 bridgehead atoms. The molecule has 25 heavy (non-hydrogen) atoms. The SMILES string of the molecule is N#C[C@@H]1C(=N)C(C#N)(C#N)[C@H](c2ccc(F)cc2F)[C@H]2CCCC=C12.